The van der Waals surface area contributed by atoms with Gasteiger partial charge in [0.2, 0.25) is 0 Å². The summed E-state index contributed by atoms with van der Waals surface area (Å²) in [6.07, 6.45) is 0. The molecule has 78 valence electrons. The Bertz CT molecular complexity index is 440. The molecule has 7 heteroatoms. The number of nitrogens with zero attached hydrogens (tertiary/aromatic N) is 3. The first-order chi connectivity index (χ1) is 7.25. The molecule has 0 atom stereocenters. The van der Waals surface area contributed by atoms with E-state index in [0.717, 1.165) is 10.2 Å². The van der Waals surface area contributed by atoms with Gasteiger partial charge in [0.1, 0.15) is 0 Å². The monoisotopic (exact) mass is 268 g/mol. The van der Waals surface area contributed by atoms with Crippen molar-refractivity contribution >= 4 is 27.3 Å². The van der Waals surface area contributed by atoms with Crippen LogP contribution in [-0.2, 0) is 6.54 Å². The number of halogens is 1. The molecule has 0 saturated carbocycles. The summed E-state index contributed by atoms with van der Waals surface area (Å²) in [6, 6.07) is 5.60. The lowest BCUT2D eigenvalue weighted by Crippen LogP contribution is -2.03. The zero-order valence-corrected chi connectivity index (χ0v) is 9.32. The van der Waals surface area contributed by atoms with Crippen molar-refractivity contribution in [3.63, 3.8) is 0 Å². The van der Waals surface area contributed by atoms with Crippen molar-refractivity contribution in [3.05, 3.63) is 28.5 Å². The van der Waals surface area contributed by atoms with Crippen LogP contribution in [0, 0.1) is 0 Å². The normalized spacial score (nSPS) is 10.2. The fourth-order valence-corrected chi connectivity index (χ4v) is 1.47. The molecule has 0 bridgehead atoms. The van der Waals surface area contributed by atoms with E-state index in [1.165, 1.54) is 0 Å². The molecule has 1 aromatic carbocycles. The molecule has 0 spiro atoms. The average molecular weight is 269 g/mol. The molecular formula is C8H9BrN6. The zero-order chi connectivity index (χ0) is 10.7. The maximum Gasteiger partial charge on any atom is 0.193 e. The zero-order valence-electron chi connectivity index (χ0n) is 7.74. The number of benzene rings is 1. The fraction of sp³-hybridized carbons (Fsp3) is 0.125. The molecule has 0 aliphatic heterocycles. The number of aromatic amines is 1. The molecule has 6 nitrogen and oxygen atoms in total. The number of rotatable bonds is 3. The van der Waals surface area contributed by atoms with Crippen molar-refractivity contribution in [1.82, 2.24) is 20.6 Å². The number of nitrogens with one attached hydrogen (secondary N) is 2. The first kappa shape index (κ1) is 9.91. The summed E-state index contributed by atoms with van der Waals surface area (Å²) >= 11 is 3.37. The minimum absolute atomic E-state index is 0.483. The largest absolute Gasteiger partial charge is 0.397 e. The minimum atomic E-state index is 0.483. The number of H-pyrrole nitrogens is 1. The molecule has 0 radical (unpaired) electrons. The van der Waals surface area contributed by atoms with Crippen LogP contribution < -0.4 is 11.1 Å². The summed E-state index contributed by atoms with van der Waals surface area (Å²) in [7, 11) is 0. The van der Waals surface area contributed by atoms with Crippen molar-refractivity contribution in [1.29, 1.82) is 0 Å². The summed E-state index contributed by atoms with van der Waals surface area (Å²) in [4.78, 5) is 0. The Balaban J connectivity index is 2.07. The number of hydrogen-bond acceptors (Lipinski definition) is 5. The lowest BCUT2D eigenvalue weighted by Gasteiger charge is -2.07. The van der Waals surface area contributed by atoms with Gasteiger partial charge >= 0.3 is 0 Å². The fourth-order valence-electron chi connectivity index (χ4n) is 1.11. The number of anilines is 2. The summed E-state index contributed by atoms with van der Waals surface area (Å²) in [5.41, 5.74) is 7.31. The molecular weight excluding hydrogens is 260 g/mol. The molecule has 1 heterocycles. The van der Waals surface area contributed by atoms with Gasteiger partial charge in [0.25, 0.3) is 0 Å². The number of hydrogen-bond donors (Lipinski definition) is 3. The highest BCUT2D eigenvalue weighted by atomic mass is 79.9. The van der Waals surface area contributed by atoms with Crippen LogP contribution in [0.4, 0.5) is 11.4 Å². The van der Waals surface area contributed by atoms with Gasteiger partial charge in [0.15, 0.2) is 5.82 Å². The summed E-state index contributed by atoms with van der Waals surface area (Å²) < 4.78 is 0.965. The molecule has 15 heavy (non-hydrogen) atoms. The van der Waals surface area contributed by atoms with Gasteiger partial charge in [-0.15, -0.1) is 10.2 Å². The van der Waals surface area contributed by atoms with Crippen LogP contribution in [0.1, 0.15) is 5.82 Å². The van der Waals surface area contributed by atoms with Crippen LogP contribution >= 0.6 is 15.9 Å². The highest BCUT2D eigenvalue weighted by Crippen LogP contribution is 2.23. The molecule has 1 aromatic heterocycles. The summed E-state index contributed by atoms with van der Waals surface area (Å²) in [6.45, 7) is 0.483. The second kappa shape index (κ2) is 4.26. The molecule has 4 N–H and O–H groups in total. The average Bonchev–Trinajstić information content (AvgIpc) is 2.72. The van der Waals surface area contributed by atoms with E-state index >= 15 is 0 Å². The lowest BCUT2D eigenvalue weighted by molar-refractivity contribution is 0.881. The maximum absolute atomic E-state index is 5.78. The van der Waals surface area contributed by atoms with Crippen molar-refractivity contribution in [2.45, 2.75) is 6.54 Å². The Labute approximate surface area is 94.4 Å². The van der Waals surface area contributed by atoms with Crippen LogP contribution in [0.15, 0.2) is 22.7 Å². The van der Waals surface area contributed by atoms with Crippen LogP contribution in [0.5, 0.6) is 0 Å². The van der Waals surface area contributed by atoms with Crippen molar-refractivity contribution in [3.8, 4) is 0 Å². The van der Waals surface area contributed by atoms with E-state index < -0.39 is 0 Å². The van der Waals surface area contributed by atoms with Gasteiger partial charge < -0.3 is 11.1 Å². The van der Waals surface area contributed by atoms with Crippen molar-refractivity contribution < 1.29 is 0 Å². The standard InChI is InChI=1S/C8H9BrN6/c9-5-1-2-6(10)7(3-5)11-4-8-12-14-15-13-8/h1-3,11H,4,10H2,(H,12,13,14,15). The lowest BCUT2D eigenvalue weighted by atomic mass is 10.2. The predicted octanol–water partition coefficient (Wildman–Crippen LogP) is 1.16. The topological polar surface area (TPSA) is 92.5 Å². The first-order valence-electron chi connectivity index (χ1n) is 4.27. The van der Waals surface area contributed by atoms with E-state index in [1.807, 2.05) is 18.2 Å². The molecule has 2 aromatic rings. The third kappa shape index (κ3) is 2.44. The molecule has 2 rings (SSSR count). The third-order valence-corrected chi connectivity index (χ3v) is 2.33. The van der Waals surface area contributed by atoms with Gasteiger partial charge in [-0.2, -0.15) is 5.21 Å². The molecule has 0 fully saturated rings. The van der Waals surface area contributed by atoms with E-state index in [-0.39, 0.29) is 0 Å². The Morgan fingerprint density at radius 1 is 1.47 bits per heavy atom. The number of nitrogen functional groups attached to an aromatic ring is 1. The van der Waals surface area contributed by atoms with Crippen molar-refractivity contribution in [2.24, 2.45) is 0 Å². The Morgan fingerprint density at radius 2 is 2.33 bits per heavy atom. The Kier molecular flexibility index (Phi) is 2.82. The van der Waals surface area contributed by atoms with E-state index in [2.05, 4.69) is 41.9 Å². The first-order valence-corrected chi connectivity index (χ1v) is 5.06. The third-order valence-electron chi connectivity index (χ3n) is 1.84. The van der Waals surface area contributed by atoms with Crippen LogP contribution in [0.2, 0.25) is 0 Å². The maximum atomic E-state index is 5.78. The van der Waals surface area contributed by atoms with Gasteiger partial charge in [0.05, 0.1) is 17.9 Å². The highest BCUT2D eigenvalue weighted by molar-refractivity contribution is 9.10. The second-order valence-electron chi connectivity index (χ2n) is 2.91. The number of aromatic nitrogens is 4. The van der Waals surface area contributed by atoms with Gasteiger partial charge in [-0.1, -0.05) is 21.1 Å². The van der Waals surface area contributed by atoms with Crippen molar-refractivity contribution in [2.75, 3.05) is 11.1 Å². The molecule has 0 amide bonds. The molecule has 0 saturated heterocycles. The van der Waals surface area contributed by atoms with Gasteiger partial charge in [-0.05, 0) is 18.2 Å². The van der Waals surface area contributed by atoms with E-state index in [9.17, 15) is 0 Å². The Hall–Kier alpha value is -1.63. The summed E-state index contributed by atoms with van der Waals surface area (Å²) in [5.74, 6) is 0.592. The molecule has 0 aliphatic carbocycles. The smallest absolute Gasteiger partial charge is 0.193 e. The SMILES string of the molecule is Nc1ccc(Br)cc1NCc1nn[nH]n1. The van der Waals surface area contributed by atoms with Gasteiger partial charge in [-0.3, -0.25) is 0 Å². The molecule has 0 unspecified atom stereocenters. The van der Waals surface area contributed by atoms with Crippen LogP contribution in [0.25, 0.3) is 0 Å². The van der Waals surface area contributed by atoms with E-state index in [1.54, 1.807) is 0 Å². The predicted molar refractivity (Wildman–Crippen MR) is 60.1 cm³/mol. The highest BCUT2D eigenvalue weighted by Gasteiger charge is 2.01. The molecule has 0 aliphatic rings. The van der Waals surface area contributed by atoms with E-state index in [4.69, 9.17) is 5.73 Å². The van der Waals surface area contributed by atoms with Crippen LogP contribution in [0.3, 0.4) is 0 Å². The van der Waals surface area contributed by atoms with E-state index in [0.29, 0.717) is 18.1 Å². The number of nitrogens with two attached hydrogens (primary N) is 1. The van der Waals surface area contributed by atoms with Gasteiger partial charge in [-0.25, -0.2) is 0 Å². The van der Waals surface area contributed by atoms with Gasteiger partial charge in [0, 0.05) is 4.47 Å². The van der Waals surface area contributed by atoms with Crippen LogP contribution in [-0.4, -0.2) is 20.6 Å². The number of tetrazole rings is 1. The Morgan fingerprint density at radius 3 is 3.07 bits per heavy atom. The second-order valence-corrected chi connectivity index (χ2v) is 3.83. The minimum Gasteiger partial charge on any atom is -0.397 e. The quantitative estimate of drug-likeness (QED) is 0.727. The summed E-state index contributed by atoms with van der Waals surface area (Å²) in [5, 5.41) is 16.6.